The zero-order valence-electron chi connectivity index (χ0n) is 16.7. The molecule has 1 heterocycles. The van der Waals surface area contributed by atoms with E-state index < -0.39 is 16.8 Å². The summed E-state index contributed by atoms with van der Waals surface area (Å²) in [4.78, 5) is 35.2. The number of halogens is 1. The number of benzene rings is 2. The van der Waals surface area contributed by atoms with Crippen molar-refractivity contribution >= 4 is 45.7 Å². The van der Waals surface area contributed by atoms with Gasteiger partial charge in [-0.3, -0.25) is 14.9 Å². The quantitative estimate of drug-likeness (QED) is 0.284. The van der Waals surface area contributed by atoms with Crippen molar-refractivity contribution in [1.29, 1.82) is 0 Å². The van der Waals surface area contributed by atoms with Crippen LogP contribution in [0.2, 0.25) is 5.02 Å². The molecule has 2 aromatic carbocycles. The first-order valence-corrected chi connectivity index (χ1v) is 10.1. The molecule has 3 rings (SSSR count). The number of amides is 1. The number of carbonyl (C=O) groups is 2. The Morgan fingerprint density at radius 2 is 1.94 bits per heavy atom. The number of hydrogen-bond acceptors (Lipinski definition) is 10. The first-order chi connectivity index (χ1) is 15.3. The Kier molecular flexibility index (Phi) is 7.18. The van der Waals surface area contributed by atoms with Gasteiger partial charge in [-0.25, -0.2) is 4.79 Å². The molecule has 13 heteroatoms. The highest BCUT2D eigenvalue weighted by molar-refractivity contribution is 7.10. The minimum atomic E-state index is -0.706. The van der Waals surface area contributed by atoms with Crippen LogP contribution in [0.3, 0.4) is 0 Å². The van der Waals surface area contributed by atoms with Gasteiger partial charge in [-0.2, -0.15) is 0 Å². The number of nitro groups is 1. The van der Waals surface area contributed by atoms with E-state index in [1.54, 1.807) is 6.92 Å². The van der Waals surface area contributed by atoms with Crippen LogP contribution in [0.25, 0.3) is 0 Å². The van der Waals surface area contributed by atoms with Crippen molar-refractivity contribution in [1.82, 2.24) is 9.59 Å². The lowest BCUT2D eigenvalue weighted by molar-refractivity contribution is -0.385. The molecular weight excluding hydrogens is 464 g/mol. The normalized spacial score (nSPS) is 10.3. The maximum atomic E-state index is 12.7. The molecule has 0 aliphatic rings. The van der Waals surface area contributed by atoms with E-state index in [-0.39, 0.29) is 50.8 Å². The average Bonchev–Trinajstić information content (AvgIpc) is 3.23. The molecule has 1 amide bonds. The Hall–Kier alpha value is -3.77. The molecular formula is C19H15ClN4O7S. The zero-order chi connectivity index (χ0) is 23.3. The summed E-state index contributed by atoms with van der Waals surface area (Å²) in [5.41, 5.74) is -0.263. The van der Waals surface area contributed by atoms with Crippen molar-refractivity contribution in [3.05, 3.63) is 62.8 Å². The monoisotopic (exact) mass is 478 g/mol. The van der Waals surface area contributed by atoms with Crippen LogP contribution < -0.4 is 14.8 Å². The number of nitrogens with zero attached hydrogens (tertiary/aromatic N) is 3. The smallest absolute Gasteiger partial charge is 0.362 e. The van der Waals surface area contributed by atoms with Crippen molar-refractivity contribution in [2.75, 3.05) is 19.0 Å². The number of methoxy groups -OCH3 is 1. The molecule has 32 heavy (non-hydrogen) atoms. The van der Waals surface area contributed by atoms with Gasteiger partial charge in [-0.05, 0) is 37.3 Å². The molecule has 0 bridgehead atoms. The number of ether oxygens (including phenoxy) is 3. The fourth-order valence-electron chi connectivity index (χ4n) is 2.51. The molecule has 0 unspecified atom stereocenters. The van der Waals surface area contributed by atoms with Crippen LogP contribution in [-0.4, -0.2) is 40.1 Å². The van der Waals surface area contributed by atoms with E-state index in [0.29, 0.717) is 0 Å². The number of rotatable bonds is 8. The summed E-state index contributed by atoms with van der Waals surface area (Å²) < 4.78 is 19.4. The second kappa shape index (κ2) is 10.0. The number of carbonyl (C=O) groups excluding carboxylic acids is 2. The van der Waals surface area contributed by atoms with Gasteiger partial charge in [0.1, 0.15) is 0 Å². The first-order valence-electron chi connectivity index (χ1n) is 8.94. The van der Waals surface area contributed by atoms with Crippen LogP contribution >= 0.6 is 23.1 Å². The maximum absolute atomic E-state index is 12.7. The van der Waals surface area contributed by atoms with Crippen LogP contribution in [0.5, 0.6) is 17.2 Å². The van der Waals surface area contributed by atoms with Gasteiger partial charge in [0.25, 0.3) is 5.91 Å². The molecule has 0 saturated heterocycles. The van der Waals surface area contributed by atoms with Crippen LogP contribution in [-0.2, 0) is 4.74 Å². The highest BCUT2D eigenvalue weighted by atomic mass is 35.5. The highest BCUT2D eigenvalue weighted by Gasteiger charge is 2.22. The predicted molar refractivity (Wildman–Crippen MR) is 115 cm³/mol. The number of aromatic nitrogens is 2. The minimum Gasteiger partial charge on any atom is -0.493 e. The predicted octanol–water partition coefficient (Wildman–Crippen LogP) is 4.33. The highest BCUT2D eigenvalue weighted by Crippen LogP contribution is 2.38. The molecule has 0 spiro atoms. The number of nitro benzene ring substituents is 1. The second-order valence-electron chi connectivity index (χ2n) is 5.96. The summed E-state index contributed by atoms with van der Waals surface area (Å²) in [7, 11) is 1.35. The minimum absolute atomic E-state index is 0.0512. The summed E-state index contributed by atoms with van der Waals surface area (Å²) in [5, 5.41) is 17.8. The topological polar surface area (TPSA) is 143 Å². The fraction of sp³-hybridized carbons (Fsp3) is 0.158. The van der Waals surface area contributed by atoms with Gasteiger partial charge in [-0.15, -0.1) is 5.10 Å². The second-order valence-corrected chi connectivity index (χ2v) is 7.15. The fourth-order valence-corrected chi connectivity index (χ4v) is 3.23. The largest absolute Gasteiger partial charge is 0.493 e. The van der Waals surface area contributed by atoms with E-state index in [4.69, 9.17) is 25.8 Å². The molecule has 11 nitrogen and oxygen atoms in total. The van der Waals surface area contributed by atoms with Crippen molar-refractivity contribution in [3.8, 4) is 17.2 Å². The number of nitrogens with one attached hydrogen (secondary N) is 1. The van der Waals surface area contributed by atoms with E-state index >= 15 is 0 Å². The Morgan fingerprint density at radius 3 is 2.62 bits per heavy atom. The molecule has 0 aliphatic carbocycles. The maximum Gasteiger partial charge on any atom is 0.362 e. The van der Waals surface area contributed by atoms with Gasteiger partial charge < -0.3 is 19.5 Å². The number of hydrogen-bond donors (Lipinski definition) is 1. The van der Waals surface area contributed by atoms with Gasteiger partial charge in [0.2, 0.25) is 11.4 Å². The van der Waals surface area contributed by atoms with Crippen LogP contribution in [0, 0.1) is 10.1 Å². The lowest BCUT2D eigenvalue weighted by atomic mass is 10.2. The molecule has 0 aliphatic heterocycles. The van der Waals surface area contributed by atoms with E-state index in [2.05, 4.69) is 14.9 Å². The van der Waals surface area contributed by atoms with Gasteiger partial charge in [0.05, 0.1) is 18.6 Å². The van der Waals surface area contributed by atoms with E-state index in [0.717, 1.165) is 17.6 Å². The summed E-state index contributed by atoms with van der Waals surface area (Å²) in [6.45, 7) is 1.79. The molecule has 1 aromatic heterocycles. The summed E-state index contributed by atoms with van der Waals surface area (Å²) in [6, 6.07) is 8.19. The SMILES string of the molecule is CCOC(=O)c1nnsc1NC(=O)c1ccc(Oc2ccc(Cl)cc2[N+](=O)[O-])c(OC)c1. The third kappa shape index (κ3) is 5.10. The van der Waals surface area contributed by atoms with Crippen molar-refractivity contribution < 1.29 is 28.7 Å². The Bertz CT molecular complexity index is 1180. The van der Waals surface area contributed by atoms with Crippen molar-refractivity contribution in [3.63, 3.8) is 0 Å². The zero-order valence-corrected chi connectivity index (χ0v) is 18.2. The lowest BCUT2D eigenvalue weighted by Gasteiger charge is -2.12. The Morgan fingerprint density at radius 1 is 1.19 bits per heavy atom. The van der Waals surface area contributed by atoms with Crippen LogP contribution in [0.4, 0.5) is 10.7 Å². The van der Waals surface area contributed by atoms with Crippen LogP contribution in [0.1, 0.15) is 27.8 Å². The number of anilines is 1. The van der Waals surface area contributed by atoms with Crippen molar-refractivity contribution in [2.24, 2.45) is 0 Å². The molecule has 0 fully saturated rings. The van der Waals surface area contributed by atoms with Crippen LogP contribution in [0.15, 0.2) is 36.4 Å². The molecule has 0 radical (unpaired) electrons. The summed E-state index contributed by atoms with van der Waals surface area (Å²) in [6.07, 6.45) is 0. The van der Waals surface area contributed by atoms with Crippen molar-refractivity contribution in [2.45, 2.75) is 6.92 Å². The Balaban J connectivity index is 1.84. The van der Waals surface area contributed by atoms with E-state index in [9.17, 15) is 19.7 Å². The third-order valence-electron chi connectivity index (χ3n) is 3.95. The molecule has 0 saturated carbocycles. The average molecular weight is 479 g/mol. The first kappa shape index (κ1) is 22.9. The van der Waals surface area contributed by atoms with Gasteiger partial charge in [-0.1, -0.05) is 16.1 Å². The van der Waals surface area contributed by atoms with Gasteiger partial charge in [0.15, 0.2) is 16.5 Å². The molecule has 0 atom stereocenters. The van der Waals surface area contributed by atoms with E-state index in [1.807, 2.05) is 0 Å². The summed E-state index contributed by atoms with van der Waals surface area (Å²) in [5.74, 6) is -1.04. The molecule has 3 aromatic rings. The number of esters is 1. The van der Waals surface area contributed by atoms with Gasteiger partial charge >= 0.3 is 11.7 Å². The van der Waals surface area contributed by atoms with Gasteiger partial charge in [0, 0.05) is 28.2 Å². The third-order valence-corrected chi connectivity index (χ3v) is 4.82. The molecule has 166 valence electrons. The summed E-state index contributed by atoms with van der Waals surface area (Å²) >= 11 is 6.64. The van der Waals surface area contributed by atoms with E-state index in [1.165, 1.54) is 37.4 Å². The Labute approximate surface area is 190 Å². The molecule has 1 N–H and O–H groups in total. The lowest BCUT2D eigenvalue weighted by Crippen LogP contribution is -2.15. The standard InChI is InChI=1S/C19H15ClN4O7S/c1-3-30-19(26)16-18(32-23-22-16)21-17(25)10-4-6-14(15(8-10)29-2)31-13-7-5-11(20)9-12(13)24(27)28/h4-9H,3H2,1-2H3,(H,21,25).